The molecule has 0 saturated heterocycles. The third kappa shape index (κ3) is 3.09. The molecule has 0 radical (unpaired) electrons. The summed E-state index contributed by atoms with van der Waals surface area (Å²) in [7, 11) is 0. The molecule has 0 fully saturated rings. The summed E-state index contributed by atoms with van der Waals surface area (Å²) in [4.78, 5) is 41.2. The van der Waals surface area contributed by atoms with Gasteiger partial charge in [-0.15, -0.1) is 0 Å². The summed E-state index contributed by atoms with van der Waals surface area (Å²) in [6, 6.07) is 6.23. The first-order valence-corrected chi connectivity index (χ1v) is 6.76. The third-order valence-corrected chi connectivity index (χ3v) is 3.73. The van der Waals surface area contributed by atoms with Crippen molar-refractivity contribution in [3.8, 4) is 0 Å². The standard InChI is InChI=1S/C16H14N2O5/c1-8-12(15(20)21)14(13(16(22)23)9(2)18-8)10-4-3-5-11(6-10)17-7-19/h3-6,12,14H,1-2H3,(H,20,21)(H,22,23). The summed E-state index contributed by atoms with van der Waals surface area (Å²) < 4.78 is 0. The van der Waals surface area contributed by atoms with Gasteiger partial charge in [0.15, 0.2) is 0 Å². The van der Waals surface area contributed by atoms with Gasteiger partial charge in [0, 0.05) is 17.3 Å². The molecule has 0 aliphatic carbocycles. The van der Waals surface area contributed by atoms with Crippen molar-refractivity contribution in [1.82, 2.24) is 0 Å². The number of hydrogen-bond donors (Lipinski definition) is 2. The molecule has 1 heterocycles. The summed E-state index contributed by atoms with van der Waals surface area (Å²) in [5, 5.41) is 19.0. The smallest absolute Gasteiger partial charge is 0.334 e. The van der Waals surface area contributed by atoms with E-state index in [1.807, 2.05) is 0 Å². The van der Waals surface area contributed by atoms with E-state index in [0.29, 0.717) is 11.3 Å². The number of carboxylic acid groups (broad SMARTS) is 2. The minimum atomic E-state index is -1.22. The molecule has 1 aliphatic heterocycles. The fraction of sp³-hybridized carbons (Fsp3) is 0.250. The average Bonchev–Trinajstić information content (AvgIpc) is 2.46. The molecule has 1 aliphatic rings. The lowest BCUT2D eigenvalue weighted by molar-refractivity contribution is -0.140. The lowest BCUT2D eigenvalue weighted by atomic mass is 9.75. The molecule has 118 valence electrons. The van der Waals surface area contributed by atoms with Crippen LogP contribution < -0.4 is 0 Å². The average molecular weight is 314 g/mol. The van der Waals surface area contributed by atoms with Crippen molar-refractivity contribution in [1.29, 1.82) is 0 Å². The Hall–Kier alpha value is -3.05. The van der Waals surface area contributed by atoms with Crippen LogP contribution in [0.2, 0.25) is 0 Å². The number of rotatable bonds is 4. The number of carbonyl (C=O) groups excluding carboxylic acids is 1. The van der Waals surface area contributed by atoms with Gasteiger partial charge in [0.05, 0.1) is 11.3 Å². The zero-order chi connectivity index (χ0) is 17.1. The van der Waals surface area contributed by atoms with Crippen molar-refractivity contribution in [2.75, 3.05) is 0 Å². The third-order valence-electron chi connectivity index (χ3n) is 3.73. The largest absolute Gasteiger partial charge is 0.481 e. The Balaban J connectivity index is 2.69. The number of nitrogens with zero attached hydrogens (tertiary/aromatic N) is 2. The van der Waals surface area contributed by atoms with Crippen LogP contribution in [0.1, 0.15) is 25.3 Å². The topological polar surface area (TPSA) is 116 Å². The minimum Gasteiger partial charge on any atom is -0.481 e. The van der Waals surface area contributed by atoms with E-state index in [4.69, 9.17) is 0 Å². The monoisotopic (exact) mass is 314 g/mol. The van der Waals surface area contributed by atoms with Crippen LogP contribution in [0.25, 0.3) is 0 Å². The van der Waals surface area contributed by atoms with Crippen molar-refractivity contribution >= 4 is 29.4 Å². The van der Waals surface area contributed by atoms with Crippen LogP contribution in [-0.4, -0.2) is 33.9 Å². The maximum absolute atomic E-state index is 11.7. The highest BCUT2D eigenvalue weighted by atomic mass is 16.4. The molecular weight excluding hydrogens is 300 g/mol. The fourth-order valence-corrected chi connectivity index (χ4v) is 2.84. The van der Waals surface area contributed by atoms with E-state index in [0.717, 1.165) is 0 Å². The van der Waals surface area contributed by atoms with Crippen molar-refractivity contribution in [2.45, 2.75) is 19.8 Å². The molecule has 0 bridgehead atoms. The van der Waals surface area contributed by atoms with E-state index in [9.17, 15) is 24.6 Å². The number of allylic oxidation sites excluding steroid dienone is 1. The van der Waals surface area contributed by atoms with Crippen LogP contribution in [0.3, 0.4) is 0 Å². The van der Waals surface area contributed by atoms with Gasteiger partial charge in [0.2, 0.25) is 6.08 Å². The van der Waals surface area contributed by atoms with Gasteiger partial charge in [0.25, 0.3) is 0 Å². The molecule has 0 spiro atoms. The molecule has 2 rings (SSSR count). The Morgan fingerprint density at radius 2 is 1.96 bits per heavy atom. The van der Waals surface area contributed by atoms with Gasteiger partial charge < -0.3 is 10.2 Å². The Morgan fingerprint density at radius 3 is 2.52 bits per heavy atom. The number of aliphatic carboxylic acids is 2. The van der Waals surface area contributed by atoms with Crippen molar-refractivity contribution < 1.29 is 24.6 Å². The highest BCUT2D eigenvalue weighted by molar-refractivity contribution is 6.06. The molecule has 7 nitrogen and oxygen atoms in total. The molecule has 23 heavy (non-hydrogen) atoms. The molecule has 2 unspecified atom stereocenters. The number of benzene rings is 1. The van der Waals surface area contributed by atoms with Gasteiger partial charge in [-0.2, -0.15) is 4.99 Å². The molecule has 1 aromatic carbocycles. The van der Waals surface area contributed by atoms with Crippen LogP contribution in [0.4, 0.5) is 5.69 Å². The summed E-state index contributed by atoms with van der Waals surface area (Å²) in [5.74, 6) is -4.39. The van der Waals surface area contributed by atoms with E-state index >= 15 is 0 Å². The predicted octanol–water partition coefficient (Wildman–Crippen LogP) is 2.27. The molecule has 0 amide bonds. The van der Waals surface area contributed by atoms with Crippen molar-refractivity contribution in [3.63, 3.8) is 0 Å². The van der Waals surface area contributed by atoms with Gasteiger partial charge >= 0.3 is 11.9 Å². The second-order valence-electron chi connectivity index (χ2n) is 5.15. The normalized spacial score (nSPS) is 20.5. The zero-order valence-electron chi connectivity index (χ0n) is 12.5. The second-order valence-corrected chi connectivity index (χ2v) is 5.15. The Kier molecular flexibility index (Phi) is 4.52. The van der Waals surface area contributed by atoms with Crippen LogP contribution in [0, 0.1) is 5.92 Å². The van der Waals surface area contributed by atoms with Gasteiger partial charge in [-0.1, -0.05) is 12.1 Å². The summed E-state index contributed by atoms with van der Waals surface area (Å²) in [6.07, 6.45) is 1.41. The lowest BCUT2D eigenvalue weighted by Gasteiger charge is -2.29. The molecule has 0 saturated carbocycles. The van der Waals surface area contributed by atoms with Gasteiger partial charge in [-0.05, 0) is 31.5 Å². The minimum absolute atomic E-state index is 0.0739. The zero-order valence-corrected chi connectivity index (χ0v) is 12.5. The maximum atomic E-state index is 11.7. The van der Waals surface area contributed by atoms with Crippen molar-refractivity contribution in [2.24, 2.45) is 15.9 Å². The van der Waals surface area contributed by atoms with Gasteiger partial charge in [0.1, 0.15) is 5.92 Å². The number of carboxylic acids is 2. The van der Waals surface area contributed by atoms with E-state index < -0.39 is 23.8 Å². The van der Waals surface area contributed by atoms with Crippen LogP contribution in [0.5, 0.6) is 0 Å². The molecule has 2 N–H and O–H groups in total. The Labute approximate surface area is 131 Å². The van der Waals surface area contributed by atoms with Crippen LogP contribution >= 0.6 is 0 Å². The number of carbonyl (C=O) groups is 2. The SMILES string of the molecule is CC1=NC(C)=C(C(=O)O)C(c2cccc(N=C=O)c2)C1C(=O)O. The molecule has 0 aromatic heterocycles. The van der Waals surface area contributed by atoms with Crippen molar-refractivity contribution in [3.05, 3.63) is 41.1 Å². The molecular formula is C16H14N2O5. The van der Waals surface area contributed by atoms with E-state index in [-0.39, 0.29) is 17.0 Å². The first kappa shape index (κ1) is 16.3. The van der Waals surface area contributed by atoms with E-state index in [1.165, 1.54) is 19.1 Å². The Morgan fingerprint density at radius 1 is 1.26 bits per heavy atom. The van der Waals surface area contributed by atoms with Gasteiger partial charge in [-0.25, -0.2) is 9.59 Å². The van der Waals surface area contributed by atoms with Gasteiger partial charge in [-0.3, -0.25) is 9.79 Å². The second kappa shape index (κ2) is 6.37. The highest BCUT2D eigenvalue weighted by Gasteiger charge is 2.41. The van der Waals surface area contributed by atoms with Crippen LogP contribution in [0.15, 0.2) is 45.5 Å². The van der Waals surface area contributed by atoms with Crippen LogP contribution in [-0.2, 0) is 14.4 Å². The highest BCUT2D eigenvalue weighted by Crippen LogP contribution is 2.39. The lowest BCUT2D eigenvalue weighted by Crippen LogP contribution is -2.34. The molecule has 7 heteroatoms. The quantitative estimate of drug-likeness (QED) is 0.653. The first-order chi connectivity index (χ1) is 10.9. The fourth-order valence-electron chi connectivity index (χ4n) is 2.84. The predicted molar refractivity (Wildman–Crippen MR) is 81.5 cm³/mol. The molecule has 2 atom stereocenters. The number of isocyanates is 1. The van der Waals surface area contributed by atoms with E-state index in [2.05, 4.69) is 9.98 Å². The Bertz CT molecular complexity index is 787. The summed E-state index contributed by atoms with van der Waals surface area (Å²) >= 11 is 0. The first-order valence-electron chi connectivity index (χ1n) is 6.76. The number of aliphatic imine (C=N–C) groups is 2. The summed E-state index contributed by atoms with van der Waals surface area (Å²) in [5.41, 5.74) is 1.25. The number of hydrogen-bond acceptors (Lipinski definition) is 5. The maximum Gasteiger partial charge on any atom is 0.334 e. The van der Waals surface area contributed by atoms with E-state index in [1.54, 1.807) is 25.1 Å². The summed E-state index contributed by atoms with van der Waals surface area (Å²) in [6.45, 7) is 3.09. The molecule has 1 aromatic rings.